The molecule has 0 bridgehead atoms. The number of hydrogen-bond donors (Lipinski definition) is 0. The van der Waals surface area contributed by atoms with Gasteiger partial charge in [-0.25, -0.2) is 0 Å². The van der Waals surface area contributed by atoms with E-state index in [-0.39, 0.29) is 11.9 Å². The molecule has 0 unspecified atom stereocenters. The summed E-state index contributed by atoms with van der Waals surface area (Å²) in [4.78, 5) is 17.7. The van der Waals surface area contributed by atoms with Crippen LogP contribution < -0.4 is 0 Å². The molecule has 5 rings (SSSR count). The molecule has 0 saturated carbocycles. The molecule has 1 saturated heterocycles. The summed E-state index contributed by atoms with van der Waals surface area (Å²) in [5, 5.41) is 8.39. The molecule has 3 aromatic carbocycles. The van der Waals surface area contributed by atoms with Crippen molar-refractivity contribution in [2.24, 2.45) is 0 Å². The highest BCUT2D eigenvalue weighted by Crippen LogP contribution is 2.28. The second kappa shape index (κ2) is 9.00. The van der Waals surface area contributed by atoms with E-state index in [0.29, 0.717) is 23.9 Å². The number of benzene rings is 3. The number of nitrogens with zero attached hydrogens (tertiary/aromatic N) is 4. The first-order valence-corrected chi connectivity index (χ1v) is 11.1. The highest BCUT2D eigenvalue weighted by Gasteiger charge is 2.30. The van der Waals surface area contributed by atoms with Gasteiger partial charge in [0.15, 0.2) is 0 Å². The average molecular weight is 439 g/mol. The molecule has 1 amide bonds. The van der Waals surface area contributed by atoms with Gasteiger partial charge in [0, 0.05) is 36.3 Å². The quantitative estimate of drug-likeness (QED) is 0.456. The maximum Gasteiger partial charge on any atom is 0.254 e. The number of piperazine rings is 1. The van der Waals surface area contributed by atoms with Crippen LogP contribution >= 0.6 is 0 Å². The average Bonchev–Trinajstić information content (AvgIpc) is 3.35. The summed E-state index contributed by atoms with van der Waals surface area (Å²) >= 11 is 0. The van der Waals surface area contributed by atoms with E-state index in [9.17, 15) is 4.79 Å². The van der Waals surface area contributed by atoms with Gasteiger partial charge in [-0.15, -0.1) is 10.2 Å². The van der Waals surface area contributed by atoms with Gasteiger partial charge in [0.1, 0.15) is 0 Å². The fourth-order valence-electron chi connectivity index (χ4n) is 4.28. The number of hydrogen-bond acceptors (Lipinski definition) is 5. The van der Waals surface area contributed by atoms with Crippen LogP contribution in [-0.4, -0.2) is 52.6 Å². The van der Waals surface area contributed by atoms with E-state index < -0.39 is 0 Å². The lowest BCUT2D eigenvalue weighted by Gasteiger charge is -2.40. The van der Waals surface area contributed by atoms with Gasteiger partial charge in [-0.1, -0.05) is 48.0 Å². The number of aryl methyl sites for hydroxylation is 1. The van der Waals surface area contributed by atoms with Crippen molar-refractivity contribution in [3.63, 3.8) is 0 Å². The number of carbonyl (C=O) groups is 1. The zero-order chi connectivity index (χ0) is 22.8. The summed E-state index contributed by atoms with van der Waals surface area (Å²) in [6, 6.07) is 25.6. The Morgan fingerprint density at radius 3 is 2.33 bits per heavy atom. The summed E-state index contributed by atoms with van der Waals surface area (Å²) in [7, 11) is 2.10. The fraction of sp³-hybridized carbons (Fsp3) is 0.222. The van der Waals surface area contributed by atoms with Gasteiger partial charge in [0.25, 0.3) is 5.91 Å². The first kappa shape index (κ1) is 21.1. The Morgan fingerprint density at radius 1 is 0.879 bits per heavy atom. The van der Waals surface area contributed by atoms with Crippen LogP contribution in [0.3, 0.4) is 0 Å². The Balaban J connectivity index is 1.36. The van der Waals surface area contributed by atoms with Crippen molar-refractivity contribution in [3.05, 3.63) is 95.6 Å². The number of amides is 1. The third-order valence-electron chi connectivity index (χ3n) is 6.10. The first-order chi connectivity index (χ1) is 16.1. The summed E-state index contributed by atoms with van der Waals surface area (Å²) in [6.07, 6.45) is 0. The summed E-state index contributed by atoms with van der Waals surface area (Å²) in [6.45, 7) is 4.40. The van der Waals surface area contributed by atoms with Crippen LogP contribution in [0, 0.1) is 6.92 Å². The molecule has 1 aliphatic heterocycles. The Morgan fingerprint density at radius 2 is 1.61 bits per heavy atom. The predicted molar refractivity (Wildman–Crippen MR) is 128 cm³/mol. The predicted octanol–water partition coefficient (Wildman–Crippen LogP) is 4.84. The topological polar surface area (TPSA) is 62.5 Å². The van der Waals surface area contributed by atoms with Crippen LogP contribution in [-0.2, 0) is 0 Å². The molecule has 1 atom stereocenters. The lowest BCUT2D eigenvalue weighted by molar-refractivity contribution is 0.0498. The lowest BCUT2D eigenvalue weighted by Crippen LogP contribution is -2.49. The third-order valence-corrected chi connectivity index (χ3v) is 6.10. The molecule has 2 heterocycles. The molecule has 1 fully saturated rings. The molecule has 1 aromatic heterocycles. The summed E-state index contributed by atoms with van der Waals surface area (Å²) < 4.78 is 5.89. The summed E-state index contributed by atoms with van der Waals surface area (Å²) in [5.74, 6) is 0.957. The zero-order valence-corrected chi connectivity index (χ0v) is 18.8. The van der Waals surface area contributed by atoms with Crippen LogP contribution in [0.15, 0.2) is 83.3 Å². The highest BCUT2D eigenvalue weighted by atomic mass is 16.4. The molecule has 6 nitrogen and oxygen atoms in total. The van der Waals surface area contributed by atoms with Crippen molar-refractivity contribution in [3.8, 4) is 22.9 Å². The van der Waals surface area contributed by atoms with Gasteiger partial charge >= 0.3 is 0 Å². The molecule has 1 aliphatic rings. The lowest BCUT2D eigenvalue weighted by atomic mass is 10.0. The SMILES string of the molecule is Cc1cccc(-c2nnc(-c3ccc(C(=O)N4CCN(C)C[C@@H]4c4ccccc4)cc3)o2)c1. The van der Waals surface area contributed by atoms with Crippen LogP contribution in [0.2, 0.25) is 0 Å². The fourth-order valence-corrected chi connectivity index (χ4v) is 4.28. The number of likely N-dealkylation sites (N-methyl/N-ethyl adjacent to an activating group) is 1. The molecule has 0 aliphatic carbocycles. The molecule has 0 spiro atoms. The molecule has 0 radical (unpaired) electrons. The number of carbonyl (C=O) groups excluding carboxylic acids is 1. The van der Waals surface area contributed by atoms with Crippen LogP contribution in [0.4, 0.5) is 0 Å². The van der Waals surface area contributed by atoms with Crippen LogP contribution in [0.25, 0.3) is 22.9 Å². The van der Waals surface area contributed by atoms with Crippen molar-refractivity contribution in [1.82, 2.24) is 20.0 Å². The van der Waals surface area contributed by atoms with Gasteiger partial charge in [-0.05, 0) is 55.9 Å². The smallest absolute Gasteiger partial charge is 0.254 e. The molecular formula is C27H26N4O2. The standard InChI is InChI=1S/C27H26N4O2/c1-19-7-6-10-23(17-19)26-29-28-25(33-26)21-11-13-22(14-12-21)27(32)31-16-15-30(2)18-24(31)20-8-4-3-5-9-20/h3-14,17,24H,15-16,18H2,1-2H3/t24-/m1/s1. The summed E-state index contributed by atoms with van der Waals surface area (Å²) in [5.41, 5.74) is 4.62. The van der Waals surface area contributed by atoms with Gasteiger partial charge < -0.3 is 14.2 Å². The van der Waals surface area contributed by atoms with Crippen molar-refractivity contribution in [2.45, 2.75) is 13.0 Å². The second-order valence-electron chi connectivity index (χ2n) is 8.55. The van der Waals surface area contributed by atoms with Gasteiger partial charge in [-0.2, -0.15) is 0 Å². The van der Waals surface area contributed by atoms with Crippen molar-refractivity contribution in [1.29, 1.82) is 0 Å². The van der Waals surface area contributed by atoms with Gasteiger partial charge in [-0.3, -0.25) is 4.79 Å². The normalized spacial score (nSPS) is 16.7. The third kappa shape index (κ3) is 4.43. The monoisotopic (exact) mass is 438 g/mol. The van der Waals surface area contributed by atoms with E-state index in [1.807, 2.05) is 78.6 Å². The van der Waals surface area contributed by atoms with Gasteiger partial charge in [0.05, 0.1) is 6.04 Å². The Labute approximate surface area is 193 Å². The first-order valence-electron chi connectivity index (χ1n) is 11.1. The van der Waals surface area contributed by atoms with Crippen LogP contribution in [0.5, 0.6) is 0 Å². The second-order valence-corrected chi connectivity index (χ2v) is 8.55. The number of rotatable bonds is 4. The minimum Gasteiger partial charge on any atom is -0.416 e. The van der Waals surface area contributed by atoms with E-state index in [1.54, 1.807) is 0 Å². The van der Waals surface area contributed by atoms with Crippen molar-refractivity contribution < 1.29 is 9.21 Å². The Hall–Kier alpha value is -3.77. The largest absolute Gasteiger partial charge is 0.416 e. The minimum atomic E-state index is 0.0324. The number of aromatic nitrogens is 2. The molecule has 166 valence electrons. The Kier molecular flexibility index (Phi) is 5.75. The van der Waals surface area contributed by atoms with Crippen molar-refractivity contribution in [2.75, 3.05) is 26.7 Å². The van der Waals surface area contributed by atoms with E-state index in [2.05, 4.69) is 34.3 Å². The van der Waals surface area contributed by atoms with E-state index in [4.69, 9.17) is 4.42 Å². The maximum absolute atomic E-state index is 13.4. The minimum absolute atomic E-state index is 0.0324. The van der Waals surface area contributed by atoms with E-state index in [0.717, 1.165) is 35.3 Å². The van der Waals surface area contributed by atoms with E-state index in [1.165, 1.54) is 0 Å². The zero-order valence-electron chi connectivity index (χ0n) is 18.8. The molecular weight excluding hydrogens is 412 g/mol. The highest BCUT2D eigenvalue weighted by molar-refractivity contribution is 5.95. The van der Waals surface area contributed by atoms with Crippen LogP contribution in [0.1, 0.15) is 27.5 Å². The maximum atomic E-state index is 13.4. The van der Waals surface area contributed by atoms with Gasteiger partial charge in [0.2, 0.25) is 11.8 Å². The molecule has 0 N–H and O–H groups in total. The molecule has 6 heteroatoms. The Bertz CT molecular complexity index is 1250. The molecule has 33 heavy (non-hydrogen) atoms. The van der Waals surface area contributed by atoms with E-state index >= 15 is 0 Å². The van der Waals surface area contributed by atoms with Crippen molar-refractivity contribution >= 4 is 5.91 Å². The molecule has 4 aromatic rings.